The number of rotatable bonds is 7. The predicted molar refractivity (Wildman–Crippen MR) is 73.9 cm³/mol. The first-order valence-electron chi connectivity index (χ1n) is 6.53. The van der Waals surface area contributed by atoms with Crippen LogP contribution in [0.5, 0.6) is 0 Å². The number of thiazole rings is 1. The van der Waals surface area contributed by atoms with E-state index in [4.69, 9.17) is 0 Å². The van der Waals surface area contributed by atoms with Gasteiger partial charge in [0.15, 0.2) is 0 Å². The van der Waals surface area contributed by atoms with E-state index in [9.17, 15) is 9.90 Å². The number of nitrogens with zero attached hydrogens (tertiary/aromatic N) is 1. The van der Waals surface area contributed by atoms with Gasteiger partial charge in [-0.05, 0) is 12.3 Å². The van der Waals surface area contributed by atoms with Crippen LogP contribution < -0.4 is 5.32 Å². The van der Waals surface area contributed by atoms with E-state index < -0.39 is 6.10 Å². The quantitative estimate of drug-likeness (QED) is 0.798. The summed E-state index contributed by atoms with van der Waals surface area (Å²) >= 11 is 1.41. The van der Waals surface area contributed by atoms with Crippen LogP contribution in [-0.2, 0) is 6.42 Å². The Kier molecular flexibility index (Phi) is 6.29. The van der Waals surface area contributed by atoms with Crippen LogP contribution in [0, 0.1) is 5.92 Å². The molecule has 0 saturated carbocycles. The predicted octanol–water partition coefficient (Wildman–Crippen LogP) is 2.23. The number of nitrogens with one attached hydrogen (secondary N) is 1. The third-order valence-corrected chi connectivity index (χ3v) is 4.28. The molecule has 102 valence electrons. The Hall–Kier alpha value is -0.940. The Morgan fingerprint density at radius 3 is 2.61 bits per heavy atom. The van der Waals surface area contributed by atoms with Gasteiger partial charge in [0.05, 0.1) is 17.3 Å². The second kappa shape index (κ2) is 7.48. The average Bonchev–Trinajstić information content (AvgIpc) is 2.86. The van der Waals surface area contributed by atoms with Crippen LogP contribution in [0.3, 0.4) is 0 Å². The number of aliphatic hydroxyl groups excluding tert-OH is 1. The van der Waals surface area contributed by atoms with Gasteiger partial charge in [-0.1, -0.05) is 33.6 Å². The molecule has 18 heavy (non-hydrogen) atoms. The number of aryl methyl sites for hydroxylation is 1. The van der Waals surface area contributed by atoms with Crippen LogP contribution >= 0.6 is 11.3 Å². The van der Waals surface area contributed by atoms with E-state index >= 15 is 0 Å². The van der Waals surface area contributed by atoms with Gasteiger partial charge in [0, 0.05) is 6.54 Å². The first-order valence-corrected chi connectivity index (χ1v) is 7.34. The van der Waals surface area contributed by atoms with Gasteiger partial charge >= 0.3 is 0 Å². The van der Waals surface area contributed by atoms with E-state index in [1.54, 1.807) is 6.20 Å². The molecule has 1 atom stereocenters. The second-order valence-corrected chi connectivity index (χ2v) is 5.44. The molecule has 0 radical (unpaired) electrons. The first kappa shape index (κ1) is 15.1. The van der Waals surface area contributed by atoms with Crippen LogP contribution in [0.15, 0.2) is 6.20 Å². The standard InChI is InChI=1S/C13H22N2O2S/c1-4-9(5-2)10(16)7-15-13(17)11-8-14-12(6-3)18-11/h8-10,16H,4-7H2,1-3H3,(H,15,17). The van der Waals surface area contributed by atoms with Crippen molar-refractivity contribution < 1.29 is 9.90 Å². The smallest absolute Gasteiger partial charge is 0.263 e. The lowest BCUT2D eigenvalue weighted by Gasteiger charge is -2.20. The Morgan fingerprint density at radius 2 is 2.11 bits per heavy atom. The van der Waals surface area contributed by atoms with Gasteiger partial charge in [-0.3, -0.25) is 4.79 Å². The Bertz CT molecular complexity index is 375. The third-order valence-electron chi connectivity index (χ3n) is 3.14. The number of hydrogen-bond donors (Lipinski definition) is 2. The van der Waals surface area contributed by atoms with E-state index in [0.717, 1.165) is 24.3 Å². The highest BCUT2D eigenvalue weighted by Crippen LogP contribution is 2.14. The molecule has 1 aromatic rings. The average molecular weight is 270 g/mol. The summed E-state index contributed by atoms with van der Waals surface area (Å²) in [5.74, 6) is 0.107. The monoisotopic (exact) mass is 270 g/mol. The molecular formula is C13H22N2O2S. The number of aliphatic hydroxyl groups is 1. The van der Waals surface area contributed by atoms with Crippen molar-refractivity contribution in [1.82, 2.24) is 10.3 Å². The van der Waals surface area contributed by atoms with Crippen LogP contribution in [0.25, 0.3) is 0 Å². The maximum absolute atomic E-state index is 11.8. The van der Waals surface area contributed by atoms with Gasteiger partial charge in [-0.25, -0.2) is 4.98 Å². The van der Waals surface area contributed by atoms with Crippen molar-refractivity contribution in [2.24, 2.45) is 5.92 Å². The van der Waals surface area contributed by atoms with Crippen molar-refractivity contribution >= 4 is 17.2 Å². The van der Waals surface area contributed by atoms with Gasteiger partial charge in [-0.2, -0.15) is 0 Å². The largest absolute Gasteiger partial charge is 0.391 e. The minimum absolute atomic E-state index is 0.141. The molecule has 2 N–H and O–H groups in total. The molecule has 0 aliphatic rings. The summed E-state index contributed by atoms with van der Waals surface area (Å²) in [7, 11) is 0. The Labute approximate surface area is 112 Å². The van der Waals surface area contributed by atoms with Crippen molar-refractivity contribution in [2.45, 2.75) is 46.1 Å². The highest BCUT2D eigenvalue weighted by atomic mass is 32.1. The van der Waals surface area contributed by atoms with Gasteiger partial charge in [0.1, 0.15) is 4.88 Å². The minimum Gasteiger partial charge on any atom is -0.391 e. The topological polar surface area (TPSA) is 62.2 Å². The van der Waals surface area contributed by atoms with Crippen molar-refractivity contribution in [3.8, 4) is 0 Å². The molecule has 0 saturated heterocycles. The summed E-state index contributed by atoms with van der Waals surface area (Å²) in [4.78, 5) is 16.6. The molecule has 1 aromatic heterocycles. The minimum atomic E-state index is -0.470. The number of amides is 1. The molecular weight excluding hydrogens is 248 g/mol. The molecule has 0 aromatic carbocycles. The van der Waals surface area contributed by atoms with Gasteiger partial charge < -0.3 is 10.4 Å². The molecule has 5 heteroatoms. The summed E-state index contributed by atoms with van der Waals surface area (Å²) in [6, 6.07) is 0. The van der Waals surface area contributed by atoms with E-state index in [2.05, 4.69) is 24.1 Å². The summed E-state index contributed by atoms with van der Waals surface area (Å²) in [5, 5.41) is 13.7. The van der Waals surface area contributed by atoms with Crippen molar-refractivity contribution in [1.29, 1.82) is 0 Å². The zero-order chi connectivity index (χ0) is 13.5. The molecule has 0 aliphatic carbocycles. The summed E-state index contributed by atoms with van der Waals surface area (Å²) in [5.41, 5.74) is 0. The summed E-state index contributed by atoms with van der Waals surface area (Å²) < 4.78 is 0. The maximum Gasteiger partial charge on any atom is 0.263 e. The van der Waals surface area contributed by atoms with Crippen LogP contribution in [0.2, 0.25) is 0 Å². The first-order chi connectivity index (χ1) is 8.62. The van der Waals surface area contributed by atoms with Gasteiger partial charge in [0.25, 0.3) is 5.91 Å². The fourth-order valence-electron chi connectivity index (χ4n) is 1.86. The lowest BCUT2D eigenvalue weighted by atomic mass is 9.96. The van der Waals surface area contributed by atoms with E-state index in [1.807, 2.05) is 6.92 Å². The highest BCUT2D eigenvalue weighted by molar-refractivity contribution is 7.13. The van der Waals surface area contributed by atoms with Crippen LogP contribution in [0.4, 0.5) is 0 Å². The van der Waals surface area contributed by atoms with Gasteiger partial charge in [-0.15, -0.1) is 11.3 Å². The molecule has 0 bridgehead atoms. The van der Waals surface area contributed by atoms with Crippen molar-refractivity contribution in [3.63, 3.8) is 0 Å². The van der Waals surface area contributed by atoms with Crippen LogP contribution in [-0.4, -0.2) is 28.6 Å². The molecule has 1 rings (SSSR count). The van der Waals surface area contributed by atoms with E-state index in [-0.39, 0.29) is 11.8 Å². The second-order valence-electron chi connectivity index (χ2n) is 4.33. The van der Waals surface area contributed by atoms with E-state index in [0.29, 0.717) is 11.4 Å². The Morgan fingerprint density at radius 1 is 1.44 bits per heavy atom. The number of aromatic nitrogens is 1. The molecule has 0 fully saturated rings. The maximum atomic E-state index is 11.8. The lowest BCUT2D eigenvalue weighted by Crippen LogP contribution is -2.35. The molecule has 0 spiro atoms. The van der Waals surface area contributed by atoms with Crippen molar-refractivity contribution in [3.05, 3.63) is 16.1 Å². The zero-order valence-electron chi connectivity index (χ0n) is 11.3. The highest BCUT2D eigenvalue weighted by Gasteiger charge is 2.17. The normalized spacial score (nSPS) is 12.7. The number of carbonyl (C=O) groups excluding carboxylic acids is 1. The molecule has 1 heterocycles. The Balaban J connectivity index is 2.45. The molecule has 4 nitrogen and oxygen atoms in total. The molecule has 1 amide bonds. The van der Waals surface area contributed by atoms with Crippen LogP contribution in [0.1, 0.15) is 48.3 Å². The zero-order valence-corrected chi connectivity index (χ0v) is 12.1. The third kappa shape index (κ3) is 4.07. The molecule has 1 unspecified atom stereocenters. The fourth-order valence-corrected chi connectivity index (χ4v) is 2.64. The van der Waals surface area contributed by atoms with E-state index in [1.165, 1.54) is 11.3 Å². The summed E-state index contributed by atoms with van der Waals surface area (Å²) in [6.45, 7) is 6.42. The molecule has 0 aliphatic heterocycles. The number of carbonyl (C=O) groups is 1. The fraction of sp³-hybridized carbons (Fsp3) is 0.692. The number of hydrogen-bond acceptors (Lipinski definition) is 4. The van der Waals surface area contributed by atoms with Crippen molar-refractivity contribution in [2.75, 3.05) is 6.54 Å². The lowest BCUT2D eigenvalue weighted by molar-refractivity contribution is 0.0819. The van der Waals surface area contributed by atoms with Gasteiger partial charge in [0.2, 0.25) is 0 Å². The summed E-state index contributed by atoms with van der Waals surface area (Å²) in [6.07, 6.45) is 3.82. The SMILES string of the molecule is CCc1ncc(C(=O)NCC(O)C(CC)CC)s1.